The Balaban J connectivity index is 2.09. The number of benzene rings is 1. The van der Waals surface area contributed by atoms with Crippen molar-refractivity contribution in [3.05, 3.63) is 51.7 Å². The molecule has 0 saturated heterocycles. The molecule has 1 atom stereocenters. The molecule has 1 unspecified atom stereocenters. The van der Waals surface area contributed by atoms with E-state index in [1.807, 2.05) is 23.9 Å². The molecule has 2 rings (SSSR count). The molecular weight excluding hydrogens is 356 g/mol. The zero-order valence-corrected chi connectivity index (χ0v) is 15.6. The number of methoxy groups -OCH3 is 2. The molecule has 0 aliphatic rings. The Morgan fingerprint density at radius 1 is 1.08 bits per heavy atom. The molecule has 0 spiro atoms. The van der Waals surface area contributed by atoms with E-state index in [2.05, 4.69) is 14.8 Å². The van der Waals surface area contributed by atoms with Crippen molar-refractivity contribution in [3.63, 3.8) is 0 Å². The van der Waals surface area contributed by atoms with Gasteiger partial charge in [0.25, 0.3) is 5.91 Å². The van der Waals surface area contributed by atoms with Crippen LogP contribution in [0.5, 0.6) is 0 Å². The number of carbonyl (C=O) groups excluding carboxylic acids is 3. The summed E-state index contributed by atoms with van der Waals surface area (Å²) in [4.78, 5) is 36.9. The lowest BCUT2D eigenvalue weighted by atomic mass is 10.1. The number of quaternary nitrogens is 1. The van der Waals surface area contributed by atoms with E-state index in [-0.39, 0.29) is 23.6 Å². The Morgan fingerprint density at radius 3 is 2.19 bits per heavy atom. The van der Waals surface area contributed by atoms with Gasteiger partial charge in [0.15, 0.2) is 6.54 Å². The first-order chi connectivity index (χ1) is 12.4. The smallest absolute Gasteiger partial charge is 0.337 e. The van der Waals surface area contributed by atoms with Gasteiger partial charge in [0.05, 0.1) is 32.4 Å². The van der Waals surface area contributed by atoms with Crippen LogP contribution in [0.2, 0.25) is 0 Å². The van der Waals surface area contributed by atoms with Crippen molar-refractivity contribution in [3.8, 4) is 0 Å². The summed E-state index contributed by atoms with van der Waals surface area (Å²) in [5, 5.41) is 6.76. The number of likely N-dealkylation sites (N-methyl/N-ethyl adjacent to an activating group) is 1. The van der Waals surface area contributed by atoms with Crippen LogP contribution in [0.25, 0.3) is 0 Å². The number of nitrogens with one attached hydrogen (secondary N) is 2. The number of thiophene rings is 1. The van der Waals surface area contributed by atoms with Gasteiger partial charge in [-0.25, -0.2) is 9.59 Å². The molecule has 0 aliphatic carbocycles. The van der Waals surface area contributed by atoms with Crippen molar-refractivity contribution in [2.45, 2.75) is 6.54 Å². The van der Waals surface area contributed by atoms with E-state index >= 15 is 0 Å². The predicted octanol–water partition coefficient (Wildman–Crippen LogP) is 0.975. The first-order valence-corrected chi connectivity index (χ1v) is 8.81. The quantitative estimate of drug-likeness (QED) is 0.703. The Labute approximate surface area is 155 Å². The lowest BCUT2D eigenvalue weighted by molar-refractivity contribution is -0.885. The van der Waals surface area contributed by atoms with Crippen LogP contribution in [0.4, 0.5) is 5.69 Å². The van der Waals surface area contributed by atoms with Gasteiger partial charge < -0.3 is 19.7 Å². The van der Waals surface area contributed by atoms with E-state index in [0.717, 1.165) is 11.4 Å². The number of anilines is 1. The van der Waals surface area contributed by atoms with Gasteiger partial charge in [-0.1, -0.05) is 0 Å². The fraction of sp³-hybridized carbons (Fsp3) is 0.278. The monoisotopic (exact) mass is 377 g/mol. The summed E-state index contributed by atoms with van der Waals surface area (Å²) >= 11 is 1.61. The number of hydrogen-bond donors (Lipinski definition) is 2. The summed E-state index contributed by atoms with van der Waals surface area (Å²) in [5.41, 5.74) is 1.82. The van der Waals surface area contributed by atoms with Crippen LogP contribution in [-0.2, 0) is 20.8 Å². The van der Waals surface area contributed by atoms with E-state index in [4.69, 9.17) is 0 Å². The highest BCUT2D eigenvalue weighted by molar-refractivity contribution is 7.07. The van der Waals surface area contributed by atoms with Gasteiger partial charge in [0.1, 0.15) is 6.54 Å². The Kier molecular flexibility index (Phi) is 6.88. The third-order valence-corrected chi connectivity index (χ3v) is 4.34. The minimum absolute atomic E-state index is 0.157. The van der Waals surface area contributed by atoms with Gasteiger partial charge in [-0.2, -0.15) is 11.3 Å². The predicted molar refractivity (Wildman–Crippen MR) is 97.5 cm³/mol. The minimum Gasteiger partial charge on any atom is -0.465 e. The number of hydrogen-bond acceptors (Lipinski definition) is 6. The summed E-state index contributed by atoms with van der Waals surface area (Å²) in [7, 11) is 4.41. The molecule has 0 aliphatic heterocycles. The molecule has 2 N–H and O–H groups in total. The molecule has 2 aromatic rings. The molecule has 138 valence electrons. The maximum absolute atomic E-state index is 12.3. The van der Waals surface area contributed by atoms with Gasteiger partial charge in [-0.05, 0) is 35.0 Å². The molecule has 1 aromatic heterocycles. The molecule has 0 bridgehead atoms. The molecule has 26 heavy (non-hydrogen) atoms. The third-order valence-electron chi connectivity index (χ3n) is 3.61. The fourth-order valence-electron chi connectivity index (χ4n) is 2.45. The second-order valence-corrected chi connectivity index (χ2v) is 6.55. The molecular formula is C18H21N2O5S+. The molecule has 0 saturated carbocycles. The number of rotatable bonds is 7. The summed E-state index contributed by atoms with van der Waals surface area (Å²) in [6, 6.07) is 6.31. The van der Waals surface area contributed by atoms with E-state index in [9.17, 15) is 14.4 Å². The molecule has 0 radical (unpaired) electrons. The van der Waals surface area contributed by atoms with Crippen molar-refractivity contribution in [1.29, 1.82) is 0 Å². The van der Waals surface area contributed by atoms with Gasteiger partial charge in [0, 0.05) is 11.3 Å². The van der Waals surface area contributed by atoms with Gasteiger partial charge in [0.2, 0.25) is 0 Å². The summed E-state index contributed by atoms with van der Waals surface area (Å²) in [6.07, 6.45) is 0. The summed E-state index contributed by atoms with van der Waals surface area (Å²) < 4.78 is 9.36. The molecule has 8 heteroatoms. The van der Waals surface area contributed by atoms with Crippen LogP contribution in [0.15, 0.2) is 35.0 Å². The number of carbonyl (C=O) groups is 3. The highest BCUT2D eigenvalue weighted by Gasteiger charge is 2.16. The Hall–Kier alpha value is -2.71. The maximum Gasteiger partial charge on any atom is 0.337 e. The van der Waals surface area contributed by atoms with Crippen LogP contribution < -0.4 is 10.2 Å². The zero-order chi connectivity index (χ0) is 19.1. The van der Waals surface area contributed by atoms with E-state index in [1.54, 1.807) is 11.3 Å². The second kappa shape index (κ2) is 9.12. The van der Waals surface area contributed by atoms with Gasteiger partial charge in [-0.3, -0.25) is 4.79 Å². The van der Waals surface area contributed by atoms with Gasteiger partial charge in [-0.15, -0.1) is 0 Å². The lowest BCUT2D eigenvalue weighted by Crippen LogP contribution is -3.08. The van der Waals surface area contributed by atoms with Crippen LogP contribution in [-0.4, -0.2) is 45.7 Å². The Morgan fingerprint density at radius 2 is 1.69 bits per heavy atom. The second-order valence-electron chi connectivity index (χ2n) is 5.77. The van der Waals surface area contributed by atoms with Gasteiger partial charge >= 0.3 is 11.9 Å². The van der Waals surface area contributed by atoms with E-state index < -0.39 is 11.9 Å². The van der Waals surface area contributed by atoms with Crippen molar-refractivity contribution < 1.29 is 28.8 Å². The molecule has 0 fully saturated rings. The summed E-state index contributed by atoms with van der Waals surface area (Å²) in [5.74, 6) is -1.44. The normalized spacial score (nSPS) is 11.5. The summed E-state index contributed by atoms with van der Waals surface area (Å²) in [6.45, 7) is 0.971. The van der Waals surface area contributed by atoms with Crippen molar-refractivity contribution in [1.82, 2.24) is 0 Å². The number of amides is 1. The Bertz CT molecular complexity index is 755. The molecule has 1 amide bonds. The SMILES string of the molecule is COC(=O)c1cc(NC(=O)C[NH+](C)Cc2ccsc2)cc(C(=O)OC)c1. The fourth-order valence-corrected chi connectivity index (χ4v) is 3.12. The number of esters is 2. The highest BCUT2D eigenvalue weighted by Crippen LogP contribution is 2.17. The van der Waals surface area contributed by atoms with Crippen LogP contribution in [0.3, 0.4) is 0 Å². The first-order valence-electron chi connectivity index (χ1n) is 7.87. The first kappa shape index (κ1) is 19.6. The van der Waals surface area contributed by atoms with Crippen molar-refractivity contribution >= 4 is 34.9 Å². The highest BCUT2D eigenvalue weighted by atomic mass is 32.1. The number of ether oxygens (including phenoxy) is 2. The molecule has 7 nitrogen and oxygen atoms in total. The minimum atomic E-state index is -0.605. The molecule has 1 aromatic carbocycles. The largest absolute Gasteiger partial charge is 0.465 e. The average molecular weight is 377 g/mol. The average Bonchev–Trinajstić information content (AvgIpc) is 3.12. The van der Waals surface area contributed by atoms with Crippen LogP contribution >= 0.6 is 11.3 Å². The molecule has 1 heterocycles. The topological polar surface area (TPSA) is 86.1 Å². The zero-order valence-electron chi connectivity index (χ0n) is 14.8. The standard InChI is InChI=1S/C18H20N2O5S/c1-20(9-12-4-5-26-11-12)10-16(21)19-15-7-13(17(22)24-2)6-14(8-15)18(23)25-3/h4-8,11H,9-10H2,1-3H3,(H,19,21)/p+1. The van der Waals surface area contributed by atoms with Crippen molar-refractivity contribution in [2.24, 2.45) is 0 Å². The van der Waals surface area contributed by atoms with Crippen LogP contribution in [0.1, 0.15) is 26.3 Å². The van der Waals surface area contributed by atoms with Crippen molar-refractivity contribution in [2.75, 3.05) is 33.1 Å². The lowest BCUT2D eigenvalue weighted by Gasteiger charge is -2.14. The van der Waals surface area contributed by atoms with E-state index in [0.29, 0.717) is 5.69 Å². The van der Waals surface area contributed by atoms with E-state index in [1.165, 1.54) is 38.0 Å². The maximum atomic E-state index is 12.3. The van der Waals surface area contributed by atoms with Crippen LogP contribution in [0, 0.1) is 0 Å². The third kappa shape index (κ3) is 5.40.